The smallest absolute Gasteiger partial charge is 0.350 e. The van der Waals surface area contributed by atoms with Crippen molar-refractivity contribution in [3.05, 3.63) is 46.5 Å². The lowest BCUT2D eigenvalue weighted by atomic mass is 10.1. The Bertz CT molecular complexity index is 1200. The minimum absolute atomic E-state index is 0.0852. The highest BCUT2D eigenvalue weighted by atomic mass is 32.1. The van der Waals surface area contributed by atoms with E-state index in [4.69, 9.17) is 14.2 Å². The second-order valence-corrected chi connectivity index (χ2v) is 10.1. The SMILES string of the molecule is C=C(COC(=O)c1sc(-c2ccc(OCC(C)C)c(C#N)c2)nc1C)CC(F)(F)C(=O)N1CCOCC1. The molecule has 1 saturated heterocycles. The maximum Gasteiger partial charge on any atom is 0.350 e. The minimum atomic E-state index is -3.65. The molecule has 0 unspecified atom stereocenters. The first-order valence-electron chi connectivity index (χ1n) is 11.7. The predicted octanol–water partition coefficient (Wildman–Crippen LogP) is 4.62. The molecule has 1 fully saturated rings. The number of carbonyl (C=O) groups excluding carboxylic acids is 2. The number of amides is 1. The maximum atomic E-state index is 14.5. The fraction of sp³-hybridized carbons (Fsp3) is 0.462. The normalized spacial score (nSPS) is 13.8. The van der Waals surface area contributed by atoms with E-state index in [9.17, 15) is 23.6 Å². The highest BCUT2D eigenvalue weighted by molar-refractivity contribution is 7.17. The summed E-state index contributed by atoms with van der Waals surface area (Å²) in [7, 11) is 0. The van der Waals surface area contributed by atoms with Gasteiger partial charge in [0.25, 0.3) is 5.91 Å². The Morgan fingerprint density at radius 1 is 1.32 bits per heavy atom. The number of ether oxygens (including phenoxy) is 3. The number of rotatable bonds is 10. The predicted molar refractivity (Wildman–Crippen MR) is 134 cm³/mol. The summed E-state index contributed by atoms with van der Waals surface area (Å²) in [6, 6.07) is 7.18. The average molecular weight is 534 g/mol. The lowest BCUT2D eigenvalue weighted by Gasteiger charge is -2.30. The lowest BCUT2D eigenvalue weighted by Crippen LogP contribution is -2.48. The molecule has 0 saturated carbocycles. The number of hydrogen-bond acceptors (Lipinski definition) is 8. The van der Waals surface area contributed by atoms with Crippen LogP contribution in [0.25, 0.3) is 10.6 Å². The Morgan fingerprint density at radius 3 is 2.68 bits per heavy atom. The molecule has 1 amide bonds. The number of benzene rings is 1. The second-order valence-electron chi connectivity index (χ2n) is 9.07. The largest absolute Gasteiger partial charge is 0.492 e. The van der Waals surface area contributed by atoms with Gasteiger partial charge in [-0.25, -0.2) is 9.78 Å². The van der Waals surface area contributed by atoms with Crippen molar-refractivity contribution in [2.45, 2.75) is 33.1 Å². The van der Waals surface area contributed by atoms with Gasteiger partial charge in [-0.2, -0.15) is 14.0 Å². The van der Waals surface area contributed by atoms with E-state index in [1.54, 1.807) is 25.1 Å². The highest BCUT2D eigenvalue weighted by Gasteiger charge is 2.42. The summed E-state index contributed by atoms with van der Waals surface area (Å²) < 4.78 is 44.9. The number of carbonyl (C=O) groups is 2. The topological polar surface area (TPSA) is 102 Å². The third-order valence-corrected chi connectivity index (χ3v) is 6.58. The number of aryl methyl sites for hydroxylation is 1. The molecule has 8 nitrogen and oxygen atoms in total. The van der Waals surface area contributed by atoms with Gasteiger partial charge in [-0.05, 0) is 36.6 Å². The molecule has 2 aromatic rings. The number of hydrogen-bond donors (Lipinski definition) is 0. The molecule has 0 atom stereocenters. The zero-order valence-corrected chi connectivity index (χ0v) is 21.8. The third kappa shape index (κ3) is 7.33. The van der Waals surface area contributed by atoms with Gasteiger partial charge < -0.3 is 19.1 Å². The van der Waals surface area contributed by atoms with Crippen LogP contribution in [0.15, 0.2) is 30.4 Å². The second kappa shape index (κ2) is 12.3. The van der Waals surface area contributed by atoms with Gasteiger partial charge in [0.05, 0.1) is 31.1 Å². The Hall–Kier alpha value is -3.36. The van der Waals surface area contributed by atoms with E-state index in [2.05, 4.69) is 17.6 Å². The molecule has 1 aromatic carbocycles. The van der Waals surface area contributed by atoms with Crippen LogP contribution in [0.3, 0.4) is 0 Å². The van der Waals surface area contributed by atoms with Gasteiger partial charge in [0.1, 0.15) is 28.3 Å². The fourth-order valence-corrected chi connectivity index (χ4v) is 4.47. The van der Waals surface area contributed by atoms with E-state index >= 15 is 0 Å². The first-order chi connectivity index (χ1) is 17.5. The highest BCUT2D eigenvalue weighted by Crippen LogP contribution is 2.32. The quantitative estimate of drug-likeness (QED) is 0.324. The maximum absolute atomic E-state index is 14.5. The van der Waals surface area contributed by atoms with Crippen molar-refractivity contribution >= 4 is 23.2 Å². The zero-order chi connectivity index (χ0) is 27.2. The van der Waals surface area contributed by atoms with Crippen LogP contribution >= 0.6 is 11.3 Å². The van der Waals surface area contributed by atoms with Crippen LogP contribution in [0, 0.1) is 24.2 Å². The Kier molecular flexibility index (Phi) is 9.34. The molecule has 0 N–H and O–H groups in total. The Morgan fingerprint density at radius 2 is 2.03 bits per heavy atom. The summed E-state index contributed by atoms with van der Waals surface area (Å²) in [4.78, 5) is 30.5. The van der Waals surface area contributed by atoms with Gasteiger partial charge in [0, 0.05) is 25.1 Å². The summed E-state index contributed by atoms with van der Waals surface area (Å²) in [6.45, 7) is 9.84. The molecule has 37 heavy (non-hydrogen) atoms. The molecule has 11 heteroatoms. The van der Waals surface area contributed by atoms with Crippen LogP contribution in [-0.2, 0) is 14.3 Å². The van der Waals surface area contributed by atoms with Crippen molar-refractivity contribution < 1.29 is 32.6 Å². The van der Waals surface area contributed by atoms with E-state index < -0.39 is 30.8 Å². The van der Waals surface area contributed by atoms with E-state index in [1.165, 1.54) is 0 Å². The minimum Gasteiger partial charge on any atom is -0.492 e. The molecule has 2 heterocycles. The molecule has 0 spiro atoms. The van der Waals surface area contributed by atoms with Gasteiger partial charge in [-0.15, -0.1) is 11.3 Å². The van der Waals surface area contributed by atoms with Crippen molar-refractivity contribution in [2.24, 2.45) is 5.92 Å². The van der Waals surface area contributed by atoms with Crippen LogP contribution in [0.5, 0.6) is 5.75 Å². The van der Waals surface area contributed by atoms with Crippen LogP contribution in [0.1, 0.15) is 41.2 Å². The molecule has 0 radical (unpaired) electrons. The molecular formula is C26H29F2N3O5S. The van der Waals surface area contributed by atoms with Crippen molar-refractivity contribution in [1.29, 1.82) is 5.26 Å². The number of nitrogens with zero attached hydrogens (tertiary/aromatic N) is 3. The van der Waals surface area contributed by atoms with Crippen molar-refractivity contribution in [3.8, 4) is 22.4 Å². The van der Waals surface area contributed by atoms with E-state index in [0.29, 0.717) is 40.1 Å². The summed E-state index contributed by atoms with van der Waals surface area (Å²) in [6.07, 6.45) is -0.925. The number of aromatic nitrogens is 1. The monoisotopic (exact) mass is 533 g/mol. The summed E-state index contributed by atoms with van der Waals surface area (Å²) in [5.74, 6) is -4.91. The summed E-state index contributed by atoms with van der Waals surface area (Å²) >= 11 is 1.07. The van der Waals surface area contributed by atoms with E-state index in [0.717, 1.165) is 16.2 Å². The summed E-state index contributed by atoms with van der Waals surface area (Å²) in [5.41, 5.74) is 1.30. The standard InChI is InChI=1S/C26H29F2N3O5S/c1-16(2)14-35-21-6-5-19(11-20(21)13-29)23-30-18(4)22(37-23)24(32)36-15-17(3)12-26(27,28)25(33)31-7-9-34-10-8-31/h5-6,11,16H,3,7-10,12,14-15H2,1-2,4H3. The van der Waals surface area contributed by atoms with Crippen molar-refractivity contribution in [2.75, 3.05) is 39.5 Å². The molecule has 0 aliphatic carbocycles. The Labute approximate surface area is 218 Å². The van der Waals surface area contributed by atoms with Gasteiger partial charge >= 0.3 is 11.9 Å². The third-order valence-electron chi connectivity index (χ3n) is 5.39. The molecule has 1 aromatic heterocycles. The fourth-order valence-electron chi connectivity index (χ4n) is 3.51. The number of nitriles is 1. The number of alkyl halides is 2. The van der Waals surface area contributed by atoms with Gasteiger partial charge in [0.15, 0.2) is 0 Å². The van der Waals surface area contributed by atoms with Crippen LogP contribution in [0.2, 0.25) is 0 Å². The molecule has 198 valence electrons. The van der Waals surface area contributed by atoms with Crippen LogP contribution in [0.4, 0.5) is 8.78 Å². The van der Waals surface area contributed by atoms with Gasteiger partial charge in [-0.3, -0.25) is 4.79 Å². The number of esters is 1. The van der Waals surface area contributed by atoms with E-state index in [-0.39, 0.29) is 36.8 Å². The lowest BCUT2D eigenvalue weighted by molar-refractivity contribution is -0.161. The summed E-state index contributed by atoms with van der Waals surface area (Å²) in [5, 5.41) is 10.00. The number of morpholine rings is 1. The van der Waals surface area contributed by atoms with Gasteiger partial charge in [0.2, 0.25) is 0 Å². The molecule has 3 rings (SSSR count). The molecule has 1 aliphatic heterocycles. The molecule has 1 aliphatic rings. The van der Waals surface area contributed by atoms with Crippen molar-refractivity contribution in [1.82, 2.24) is 9.88 Å². The number of thiazole rings is 1. The molecular weight excluding hydrogens is 504 g/mol. The average Bonchev–Trinajstić information content (AvgIpc) is 3.27. The molecule has 0 bridgehead atoms. The first kappa shape index (κ1) is 28.2. The first-order valence-corrected chi connectivity index (χ1v) is 12.6. The number of halogens is 2. The van der Waals surface area contributed by atoms with Crippen molar-refractivity contribution in [3.63, 3.8) is 0 Å². The van der Waals surface area contributed by atoms with Crippen LogP contribution in [-0.4, -0.2) is 67.2 Å². The van der Waals surface area contributed by atoms with Gasteiger partial charge in [-0.1, -0.05) is 20.4 Å². The zero-order valence-electron chi connectivity index (χ0n) is 21.0. The Balaban J connectivity index is 1.62. The van der Waals surface area contributed by atoms with Crippen LogP contribution < -0.4 is 4.74 Å². The van der Waals surface area contributed by atoms with E-state index in [1.807, 2.05) is 13.8 Å².